The molecule has 11 nitrogen and oxygen atoms in total. The third kappa shape index (κ3) is 6.53. The Kier molecular flexibility index (Phi) is 9.30. The summed E-state index contributed by atoms with van der Waals surface area (Å²) in [5.74, 6) is 0.909. The summed E-state index contributed by atoms with van der Waals surface area (Å²) in [5, 5.41) is 17.1. The molecule has 2 aliphatic heterocycles. The highest BCUT2D eigenvalue weighted by atomic mass is 16.5. The summed E-state index contributed by atoms with van der Waals surface area (Å²) in [7, 11) is 3.45. The molecule has 0 atom stereocenters. The minimum absolute atomic E-state index is 0.286. The molecule has 4 N–H and O–H groups in total. The molecule has 11 heteroatoms. The number of ether oxygens (including phenoxy) is 2. The van der Waals surface area contributed by atoms with E-state index in [0.717, 1.165) is 80.4 Å². The molecule has 0 aliphatic carbocycles. The van der Waals surface area contributed by atoms with Gasteiger partial charge >= 0.3 is 0 Å². The summed E-state index contributed by atoms with van der Waals surface area (Å²) in [6.07, 6.45) is 6.23. The topological polar surface area (TPSA) is 128 Å². The van der Waals surface area contributed by atoms with Crippen LogP contribution in [0.15, 0.2) is 55.4 Å². The third-order valence-electron chi connectivity index (χ3n) is 7.83. The van der Waals surface area contributed by atoms with E-state index in [2.05, 4.69) is 42.3 Å². The predicted octanol–water partition coefficient (Wildman–Crippen LogP) is 4.36. The molecule has 2 saturated heterocycles. The van der Waals surface area contributed by atoms with Crippen LogP contribution in [0, 0.1) is 5.41 Å². The fraction of sp³-hybridized carbons (Fsp3) is 0.355. The van der Waals surface area contributed by atoms with E-state index in [-0.39, 0.29) is 5.91 Å². The summed E-state index contributed by atoms with van der Waals surface area (Å²) in [6.45, 7) is 8.86. The number of amides is 1. The van der Waals surface area contributed by atoms with Crippen LogP contribution in [-0.2, 0) is 9.53 Å². The normalized spacial score (nSPS) is 16.0. The number of benzene rings is 2. The Morgan fingerprint density at radius 3 is 2.55 bits per heavy atom. The van der Waals surface area contributed by atoms with Crippen molar-refractivity contribution in [3.63, 3.8) is 0 Å². The predicted molar refractivity (Wildman–Crippen MR) is 168 cm³/mol. The van der Waals surface area contributed by atoms with Crippen molar-refractivity contribution in [1.82, 2.24) is 14.9 Å². The smallest absolute Gasteiger partial charge is 0.247 e. The summed E-state index contributed by atoms with van der Waals surface area (Å²) in [4.78, 5) is 26.2. The lowest BCUT2D eigenvalue weighted by Crippen LogP contribution is -2.51. The zero-order valence-electron chi connectivity index (χ0n) is 24.2. The second kappa shape index (κ2) is 13.5. The molecule has 2 aliphatic rings. The molecule has 2 fully saturated rings. The second-order valence-corrected chi connectivity index (χ2v) is 10.2. The first-order valence-corrected chi connectivity index (χ1v) is 14.2. The molecule has 3 heterocycles. The van der Waals surface area contributed by atoms with Crippen LogP contribution in [0.1, 0.15) is 18.4 Å². The number of hydrogen-bond acceptors (Lipinski definition) is 10. The van der Waals surface area contributed by atoms with Gasteiger partial charge in [-0.3, -0.25) is 9.69 Å². The number of methoxy groups -OCH3 is 1. The summed E-state index contributed by atoms with van der Waals surface area (Å²) in [5.41, 5.74) is 5.45. The van der Waals surface area contributed by atoms with Crippen LogP contribution in [0.3, 0.4) is 0 Å². The maximum Gasteiger partial charge on any atom is 0.247 e. The van der Waals surface area contributed by atoms with E-state index in [1.54, 1.807) is 7.11 Å². The van der Waals surface area contributed by atoms with E-state index in [4.69, 9.17) is 14.9 Å². The highest BCUT2D eigenvalue weighted by Gasteiger charge is 2.27. The number of carbonyl (C=O) groups excluding carboxylic acids is 1. The van der Waals surface area contributed by atoms with Crippen LogP contribution in [0.4, 0.5) is 28.6 Å². The number of rotatable bonds is 10. The number of carbonyl (C=O) groups is 1. The van der Waals surface area contributed by atoms with Gasteiger partial charge in [-0.1, -0.05) is 18.7 Å². The quantitative estimate of drug-likeness (QED) is 0.208. The highest BCUT2D eigenvalue weighted by molar-refractivity contribution is 6.02. The van der Waals surface area contributed by atoms with Crippen LogP contribution >= 0.6 is 0 Å². The van der Waals surface area contributed by atoms with Gasteiger partial charge in [-0.15, -0.1) is 0 Å². The second-order valence-electron chi connectivity index (χ2n) is 10.2. The SMILES string of the molecule is C=CC(=O)Nc1cc(Nc2cc(-c3ccc(C=N)c(NC)c3)ncn2)c(OC)cc1N1CCN(C2CCOCC2)CC1. The number of piperazine rings is 1. The number of nitrogens with one attached hydrogen (secondary N) is 4. The fourth-order valence-corrected chi connectivity index (χ4v) is 5.54. The van der Waals surface area contributed by atoms with Gasteiger partial charge < -0.3 is 35.7 Å². The molecule has 1 amide bonds. The number of anilines is 5. The monoisotopic (exact) mass is 570 g/mol. The molecular weight excluding hydrogens is 532 g/mol. The Bertz CT molecular complexity index is 1430. The van der Waals surface area contributed by atoms with Gasteiger partial charge in [0, 0.05) is 87.6 Å². The van der Waals surface area contributed by atoms with Crippen LogP contribution in [0.5, 0.6) is 5.75 Å². The van der Waals surface area contributed by atoms with E-state index < -0.39 is 0 Å². The molecule has 0 bridgehead atoms. The van der Waals surface area contributed by atoms with Gasteiger partial charge in [-0.25, -0.2) is 9.97 Å². The van der Waals surface area contributed by atoms with Crippen LogP contribution in [0.25, 0.3) is 11.3 Å². The molecule has 0 unspecified atom stereocenters. The van der Waals surface area contributed by atoms with E-state index in [0.29, 0.717) is 29.0 Å². The average Bonchev–Trinajstić information content (AvgIpc) is 3.05. The highest BCUT2D eigenvalue weighted by Crippen LogP contribution is 2.39. The Morgan fingerprint density at radius 2 is 1.86 bits per heavy atom. The Balaban J connectivity index is 1.40. The molecule has 0 spiro atoms. The van der Waals surface area contributed by atoms with Gasteiger partial charge in [0.05, 0.1) is 29.9 Å². The van der Waals surface area contributed by atoms with Crippen molar-refractivity contribution in [3.05, 3.63) is 60.9 Å². The molecule has 0 saturated carbocycles. The largest absolute Gasteiger partial charge is 0.494 e. The fourth-order valence-electron chi connectivity index (χ4n) is 5.54. The summed E-state index contributed by atoms with van der Waals surface area (Å²) < 4.78 is 11.4. The van der Waals surface area contributed by atoms with Crippen molar-refractivity contribution < 1.29 is 14.3 Å². The summed E-state index contributed by atoms with van der Waals surface area (Å²) in [6, 6.07) is 12.0. The molecule has 5 rings (SSSR count). The van der Waals surface area contributed by atoms with Crippen molar-refractivity contribution >= 4 is 40.7 Å². The van der Waals surface area contributed by atoms with Gasteiger partial charge in [0.2, 0.25) is 5.91 Å². The number of hydrogen-bond donors (Lipinski definition) is 4. The minimum atomic E-state index is -0.286. The minimum Gasteiger partial charge on any atom is -0.494 e. The molecule has 42 heavy (non-hydrogen) atoms. The molecule has 2 aromatic carbocycles. The number of aromatic nitrogens is 2. The van der Waals surface area contributed by atoms with Gasteiger partial charge in [-0.2, -0.15) is 0 Å². The lowest BCUT2D eigenvalue weighted by atomic mass is 10.1. The maximum absolute atomic E-state index is 12.4. The standard InChI is InChI=1S/C31H38N8O3/c1-4-31(40)37-26-16-27(36-30-17-25(34-20-35-30)21-5-6-22(19-32)24(15-21)33-2)29(41-3)18-28(26)39-11-9-38(10-12-39)23-7-13-42-14-8-23/h4-6,15-20,23,32-33H,1,7-14H2,2-3H3,(H,37,40)(H,34,35,36). The van der Waals surface area contributed by atoms with E-state index in [1.807, 2.05) is 43.4 Å². The van der Waals surface area contributed by atoms with Gasteiger partial charge in [0.15, 0.2) is 0 Å². The van der Waals surface area contributed by atoms with Crippen LogP contribution in [0.2, 0.25) is 0 Å². The van der Waals surface area contributed by atoms with Crippen molar-refractivity contribution in [1.29, 1.82) is 5.41 Å². The van der Waals surface area contributed by atoms with Gasteiger partial charge in [0.1, 0.15) is 17.9 Å². The van der Waals surface area contributed by atoms with E-state index >= 15 is 0 Å². The zero-order chi connectivity index (χ0) is 29.5. The molecular formula is C31H38N8O3. The lowest BCUT2D eigenvalue weighted by Gasteiger charge is -2.42. The molecule has 0 radical (unpaired) electrons. The van der Waals surface area contributed by atoms with Gasteiger partial charge in [-0.05, 0) is 31.1 Å². The van der Waals surface area contributed by atoms with Gasteiger partial charge in [0.25, 0.3) is 0 Å². The molecule has 3 aromatic rings. The van der Waals surface area contributed by atoms with E-state index in [9.17, 15) is 4.79 Å². The van der Waals surface area contributed by atoms with Crippen molar-refractivity contribution in [3.8, 4) is 17.0 Å². The van der Waals surface area contributed by atoms with Crippen molar-refractivity contribution in [2.45, 2.75) is 18.9 Å². The maximum atomic E-state index is 12.4. The van der Waals surface area contributed by atoms with Crippen LogP contribution < -0.4 is 25.6 Å². The first-order chi connectivity index (χ1) is 20.5. The first-order valence-electron chi connectivity index (χ1n) is 14.2. The Morgan fingerprint density at radius 1 is 1.07 bits per heavy atom. The average molecular weight is 571 g/mol. The van der Waals surface area contributed by atoms with Crippen LogP contribution in [-0.4, -0.2) is 86.6 Å². The van der Waals surface area contributed by atoms with E-state index in [1.165, 1.54) is 18.6 Å². The Labute approximate surface area is 246 Å². The van der Waals surface area contributed by atoms with Crippen molar-refractivity contribution in [2.24, 2.45) is 0 Å². The third-order valence-corrected chi connectivity index (χ3v) is 7.83. The zero-order valence-corrected chi connectivity index (χ0v) is 24.2. The van der Waals surface area contributed by atoms with Crippen molar-refractivity contribution in [2.75, 3.05) is 74.4 Å². The molecule has 220 valence electrons. The Hall–Kier alpha value is -4.48. The summed E-state index contributed by atoms with van der Waals surface area (Å²) >= 11 is 0. The lowest BCUT2D eigenvalue weighted by molar-refractivity contribution is -0.111. The number of nitrogens with zero attached hydrogens (tertiary/aromatic N) is 4. The first kappa shape index (κ1) is 29.0. The molecule has 1 aromatic heterocycles.